The molecule has 0 saturated heterocycles. The molecule has 6 heteroatoms. The molecule has 0 aliphatic rings. The molecule has 0 aromatic carbocycles. The molecule has 0 spiro atoms. The molecule has 0 unspecified atom stereocenters. The van der Waals surface area contributed by atoms with Crippen molar-refractivity contribution in [1.82, 2.24) is 19.7 Å². The van der Waals surface area contributed by atoms with Crippen LogP contribution >= 0.6 is 11.3 Å². The molecule has 0 aliphatic heterocycles. The van der Waals surface area contributed by atoms with Crippen molar-refractivity contribution in [1.29, 1.82) is 0 Å². The lowest BCUT2D eigenvalue weighted by Crippen LogP contribution is -1.88. The predicted molar refractivity (Wildman–Crippen MR) is 46.5 cm³/mol. The van der Waals surface area contributed by atoms with Crippen LogP contribution in [0.25, 0.3) is 10.7 Å². The van der Waals surface area contributed by atoms with Gasteiger partial charge in [0.15, 0.2) is 5.01 Å². The van der Waals surface area contributed by atoms with Crippen molar-refractivity contribution < 1.29 is 0 Å². The number of anilines is 1. The molecule has 0 radical (unpaired) electrons. The molecule has 2 rings (SSSR count). The van der Waals surface area contributed by atoms with Gasteiger partial charge in [-0.15, -0.1) is 10.2 Å². The minimum absolute atomic E-state index is 0.478. The highest BCUT2D eigenvalue weighted by molar-refractivity contribution is 7.18. The van der Waals surface area contributed by atoms with E-state index in [-0.39, 0.29) is 0 Å². The number of hydrogen-bond donors (Lipinski definition) is 1. The average molecular weight is 181 g/mol. The minimum Gasteiger partial charge on any atom is -0.374 e. The second kappa shape index (κ2) is 2.56. The third-order valence-electron chi connectivity index (χ3n) is 1.48. The van der Waals surface area contributed by atoms with Gasteiger partial charge in [0.1, 0.15) is 0 Å². The van der Waals surface area contributed by atoms with Crippen LogP contribution in [0.2, 0.25) is 0 Å². The first-order valence-corrected chi connectivity index (χ1v) is 4.14. The molecule has 0 amide bonds. The first kappa shape index (κ1) is 7.23. The van der Waals surface area contributed by atoms with Gasteiger partial charge in [-0.3, -0.25) is 0 Å². The smallest absolute Gasteiger partial charge is 0.203 e. The Morgan fingerprint density at radius 3 is 2.83 bits per heavy atom. The van der Waals surface area contributed by atoms with Crippen LogP contribution in [0.4, 0.5) is 5.13 Å². The summed E-state index contributed by atoms with van der Waals surface area (Å²) in [7, 11) is 1.90. The van der Waals surface area contributed by atoms with Gasteiger partial charge in [-0.25, -0.2) is 4.98 Å². The largest absolute Gasteiger partial charge is 0.374 e. The van der Waals surface area contributed by atoms with Gasteiger partial charge in [-0.2, -0.15) is 0 Å². The van der Waals surface area contributed by atoms with Gasteiger partial charge >= 0.3 is 0 Å². The topological polar surface area (TPSA) is 69.6 Å². The molecule has 2 aromatic rings. The second-order valence-corrected chi connectivity index (χ2v) is 3.34. The van der Waals surface area contributed by atoms with Crippen LogP contribution in [0.15, 0.2) is 12.5 Å². The maximum Gasteiger partial charge on any atom is 0.203 e. The Hall–Kier alpha value is -1.43. The van der Waals surface area contributed by atoms with E-state index in [1.54, 1.807) is 12.5 Å². The third-order valence-corrected chi connectivity index (χ3v) is 2.25. The molecular formula is C6H7N5S. The summed E-state index contributed by atoms with van der Waals surface area (Å²) in [5.41, 5.74) is 6.38. The zero-order chi connectivity index (χ0) is 8.55. The van der Waals surface area contributed by atoms with Gasteiger partial charge in [0.05, 0.1) is 18.2 Å². The zero-order valence-electron chi connectivity index (χ0n) is 6.43. The van der Waals surface area contributed by atoms with Gasteiger partial charge in [0.2, 0.25) is 5.13 Å². The van der Waals surface area contributed by atoms with Crippen LogP contribution in [0.5, 0.6) is 0 Å². The Kier molecular flexibility index (Phi) is 1.54. The van der Waals surface area contributed by atoms with Gasteiger partial charge in [-0.1, -0.05) is 11.3 Å². The van der Waals surface area contributed by atoms with E-state index in [2.05, 4.69) is 15.2 Å². The molecule has 0 atom stereocenters. The van der Waals surface area contributed by atoms with E-state index in [4.69, 9.17) is 5.73 Å². The second-order valence-electron chi connectivity index (χ2n) is 2.34. The Morgan fingerprint density at radius 2 is 2.33 bits per heavy atom. The fourth-order valence-electron chi connectivity index (χ4n) is 0.901. The molecule has 0 saturated carbocycles. The van der Waals surface area contributed by atoms with Crippen LogP contribution in [-0.2, 0) is 7.05 Å². The molecule has 12 heavy (non-hydrogen) atoms. The molecule has 0 aliphatic carbocycles. The number of rotatable bonds is 1. The van der Waals surface area contributed by atoms with Crippen molar-refractivity contribution in [2.45, 2.75) is 0 Å². The van der Waals surface area contributed by atoms with Gasteiger partial charge in [0.25, 0.3) is 0 Å². The monoisotopic (exact) mass is 181 g/mol. The van der Waals surface area contributed by atoms with E-state index >= 15 is 0 Å². The highest BCUT2D eigenvalue weighted by Crippen LogP contribution is 2.22. The number of nitrogens with two attached hydrogens (primary N) is 1. The van der Waals surface area contributed by atoms with Crippen molar-refractivity contribution in [2.75, 3.05) is 5.73 Å². The number of aryl methyl sites for hydroxylation is 1. The van der Waals surface area contributed by atoms with Gasteiger partial charge in [-0.05, 0) is 0 Å². The van der Waals surface area contributed by atoms with E-state index in [1.807, 2.05) is 11.6 Å². The number of hydrogen-bond acceptors (Lipinski definition) is 5. The summed E-state index contributed by atoms with van der Waals surface area (Å²) >= 11 is 1.35. The SMILES string of the molecule is Cn1cncc1-c1nnc(N)s1. The molecule has 62 valence electrons. The van der Waals surface area contributed by atoms with Crippen molar-refractivity contribution in [3.63, 3.8) is 0 Å². The van der Waals surface area contributed by atoms with Crippen molar-refractivity contribution in [3.8, 4) is 10.7 Å². The van der Waals surface area contributed by atoms with Crippen LogP contribution in [0, 0.1) is 0 Å². The predicted octanol–water partition coefficient (Wildman–Crippen LogP) is 0.521. The summed E-state index contributed by atoms with van der Waals surface area (Å²) < 4.78 is 1.87. The molecule has 2 N–H and O–H groups in total. The summed E-state index contributed by atoms with van der Waals surface area (Å²) in [5.74, 6) is 0. The maximum atomic E-state index is 5.45. The lowest BCUT2D eigenvalue weighted by Gasteiger charge is -1.93. The van der Waals surface area contributed by atoms with E-state index in [0.29, 0.717) is 5.13 Å². The quantitative estimate of drug-likeness (QED) is 0.696. The van der Waals surface area contributed by atoms with E-state index < -0.39 is 0 Å². The fourth-order valence-corrected chi connectivity index (χ4v) is 1.56. The Labute approximate surface area is 72.9 Å². The first-order chi connectivity index (χ1) is 5.77. The van der Waals surface area contributed by atoms with Crippen LogP contribution in [0.3, 0.4) is 0 Å². The van der Waals surface area contributed by atoms with Crippen LogP contribution in [0.1, 0.15) is 0 Å². The maximum absolute atomic E-state index is 5.45. The van der Waals surface area contributed by atoms with Gasteiger partial charge in [0, 0.05) is 7.05 Å². The summed E-state index contributed by atoms with van der Waals surface area (Å²) in [4.78, 5) is 3.97. The number of imidazole rings is 1. The molecular weight excluding hydrogens is 174 g/mol. The van der Waals surface area contributed by atoms with E-state index in [9.17, 15) is 0 Å². The van der Waals surface area contributed by atoms with Crippen LogP contribution < -0.4 is 5.73 Å². The fraction of sp³-hybridized carbons (Fsp3) is 0.167. The molecule has 2 heterocycles. The number of aromatic nitrogens is 4. The first-order valence-electron chi connectivity index (χ1n) is 3.33. The standard InChI is InChI=1S/C6H7N5S/c1-11-3-8-2-4(11)5-9-10-6(7)12-5/h2-3H,1H3,(H2,7,10). The number of nitrogens with zero attached hydrogens (tertiary/aromatic N) is 4. The molecule has 0 bridgehead atoms. The molecule has 0 fully saturated rings. The van der Waals surface area contributed by atoms with Crippen molar-refractivity contribution >= 4 is 16.5 Å². The Bertz CT molecular complexity index is 390. The lowest BCUT2D eigenvalue weighted by molar-refractivity contribution is 0.915. The minimum atomic E-state index is 0.478. The summed E-state index contributed by atoms with van der Waals surface area (Å²) in [6.45, 7) is 0. The zero-order valence-corrected chi connectivity index (χ0v) is 7.25. The normalized spacial score (nSPS) is 10.4. The highest BCUT2D eigenvalue weighted by Gasteiger charge is 2.06. The Morgan fingerprint density at radius 1 is 1.50 bits per heavy atom. The Balaban J connectivity index is 2.50. The highest BCUT2D eigenvalue weighted by atomic mass is 32.1. The average Bonchev–Trinajstić information content (AvgIpc) is 2.58. The van der Waals surface area contributed by atoms with E-state index in [0.717, 1.165) is 10.7 Å². The number of nitrogen functional groups attached to an aromatic ring is 1. The summed E-state index contributed by atoms with van der Waals surface area (Å²) in [6.07, 6.45) is 3.45. The van der Waals surface area contributed by atoms with Crippen molar-refractivity contribution in [2.24, 2.45) is 7.05 Å². The van der Waals surface area contributed by atoms with Crippen molar-refractivity contribution in [3.05, 3.63) is 12.5 Å². The summed E-state index contributed by atoms with van der Waals surface area (Å²) in [6, 6.07) is 0. The van der Waals surface area contributed by atoms with Crippen LogP contribution in [-0.4, -0.2) is 19.7 Å². The molecule has 5 nitrogen and oxygen atoms in total. The van der Waals surface area contributed by atoms with Gasteiger partial charge < -0.3 is 10.3 Å². The third kappa shape index (κ3) is 1.06. The molecule has 2 aromatic heterocycles. The lowest BCUT2D eigenvalue weighted by atomic mass is 10.5. The van der Waals surface area contributed by atoms with E-state index in [1.165, 1.54) is 11.3 Å². The summed E-state index contributed by atoms with van der Waals surface area (Å²) in [5, 5.41) is 8.90.